The number of nitro benzene ring substituents is 1. The standard InChI is InChI=1S/C13H18N4O4/c14-16-12(18)7-2-1-3-8-15-13(19)10-5-4-6-11(9-10)17(20)21/h4-6,9H,1-3,7-8,14H2,(H,15,19)(H,16,18). The van der Waals surface area contributed by atoms with E-state index in [2.05, 4.69) is 5.32 Å². The number of benzene rings is 1. The van der Waals surface area contributed by atoms with Crippen LogP contribution in [0.2, 0.25) is 0 Å². The Labute approximate surface area is 121 Å². The fraction of sp³-hybridized carbons (Fsp3) is 0.385. The molecule has 4 N–H and O–H groups in total. The van der Waals surface area contributed by atoms with E-state index in [1.807, 2.05) is 5.43 Å². The van der Waals surface area contributed by atoms with Crippen LogP contribution in [0.4, 0.5) is 5.69 Å². The first-order valence-electron chi connectivity index (χ1n) is 6.56. The molecule has 1 aromatic rings. The number of nitrogens with two attached hydrogens (primary N) is 1. The van der Waals surface area contributed by atoms with Crippen LogP contribution in [-0.2, 0) is 4.79 Å². The highest BCUT2D eigenvalue weighted by atomic mass is 16.6. The van der Waals surface area contributed by atoms with Crippen LogP contribution in [0.3, 0.4) is 0 Å². The molecule has 0 saturated carbocycles. The summed E-state index contributed by atoms with van der Waals surface area (Å²) in [4.78, 5) is 32.7. The monoisotopic (exact) mass is 294 g/mol. The molecular formula is C13H18N4O4. The first kappa shape index (κ1) is 16.6. The lowest BCUT2D eigenvalue weighted by Crippen LogP contribution is -2.29. The fourth-order valence-electron chi connectivity index (χ4n) is 1.72. The number of non-ortho nitro benzene ring substituents is 1. The third kappa shape index (κ3) is 6.00. The zero-order valence-corrected chi connectivity index (χ0v) is 11.5. The molecule has 0 unspecified atom stereocenters. The highest BCUT2D eigenvalue weighted by Crippen LogP contribution is 2.12. The molecule has 2 amide bonds. The lowest BCUT2D eigenvalue weighted by atomic mass is 10.1. The number of nitrogens with zero attached hydrogens (tertiary/aromatic N) is 1. The first-order chi connectivity index (χ1) is 10.0. The smallest absolute Gasteiger partial charge is 0.270 e. The molecule has 0 heterocycles. The van der Waals surface area contributed by atoms with E-state index in [4.69, 9.17) is 5.84 Å². The Morgan fingerprint density at radius 1 is 1.24 bits per heavy atom. The summed E-state index contributed by atoms with van der Waals surface area (Å²) < 4.78 is 0. The number of hydrazine groups is 1. The van der Waals surface area contributed by atoms with Crippen molar-refractivity contribution in [1.82, 2.24) is 10.7 Å². The summed E-state index contributed by atoms with van der Waals surface area (Å²) >= 11 is 0. The number of carbonyl (C=O) groups excluding carboxylic acids is 2. The van der Waals surface area contributed by atoms with Crippen molar-refractivity contribution in [3.8, 4) is 0 Å². The lowest BCUT2D eigenvalue weighted by Gasteiger charge is -2.05. The van der Waals surface area contributed by atoms with Gasteiger partial charge in [-0.15, -0.1) is 0 Å². The fourth-order valence-corrected chi connectivity index (χ4v) is 1.72. The second-order valence-corrected chi connectivity index (χ2v) is 4.44. The molecule has 114 valence electrons. The van der Waals surface area contributed by atoms with Gasteiger partial charge >= 0.3 is 0 Å². The highest BCUT2D eigenvalue weighted by molar-refractivity contribution is 5.94. The van der Waals surface area contributed by atoms with Crippen molar-refractivity contribution in [3.63, 3.8) is 0 Å². The van der Waals surface area contributed by atoms with E-state index in [0.29, 0.717) is 19.4 Å². The minimum Gasteiger partial charge on any atom is -0.352 e. The maximum atomic E-state index is 11.8. The first-order valence-corrected chi connectivity index (χ1v) is 6.56. The zero-order valence-electron chi connectivity index (χ0n) is 11.5. The van der Waals surface area contributed by atoms with Crippen molar-refractivity contribution < 1.29 is 14.5 Å². The molecule has 0 aliphatic carbocycles. The Morgan fingerprint density at radius 3 is 2.67 bits per heavy atom. The van der Waals surface area contributed by atoms with Gasteiger partial charge in [0, 0.05) is 30.7 Å². The van der Waals surface area contributed by atoms with Crippen molar-refractivity contribution in [2.24, 2.45) is 5.84 Å². The van der Waals surface area contributed by atoms with Gasteiger partial charge in [-0.2, -0.15) is 0 Å². The maximum absolute atomic E-state index is 11.8. The molecule has 8 nitrogen and oxygen atoms in total. The predicted molar refractivity (Wildman–Crippen MR) is 76.2 cm³/mol. The van der Waals surface area contributed by atoms with E-state index >= 15 is 0 Å². The van der Waals surface area contributed by atoms with Gasteiger partial charge in [0.15, 0.2) is 0 Å². The van der Waals surface area contributed by atoms with Crippen LogP contribution < -0.4 is 16.6 Å². The van der Waals surface area contributed by atoms with Gasteiger partial charge < -0.3 is 5.32 Å². The number of rotatable bonds is 8. The number of nitro groups is 1. The molecule has 1 aromatic carbocycles. The summed E-state index contributed by atoms with van der Waals surface area (Å²) in [6.07, 6.45) is 2.55. The summed E-state index contributed by atoms with van der Waals surface area (Å²) in [7, 11) is 0. The van der Waals surface area contributed by atoms with E-state index in [1.165, 1.54) is 24.3 Å². The minimum atomic E-state index is -0.542. The van der Waals surface area contributed by atoms with Crippen LogP contribution >= 0.6 is 0 Å². The SMILES string of the molecule is NNC(=O)CCCCCNC(=O)c1cccc([N+](=O)[O-])c1. The van der Waals surface area contributed by atoms with E-state index in [0.717, 1.165) is 12.8 Å². The molecule has 8 heteroatoms. The van der Waals surface area contributed by atoms with E-state index in [9.17, 15) is 19.7 Å². The quantitative estimate of drug-likeness (QED) is 0.215. The molecule has 0 aliphatic rings. The molecule has 1 rings (SSSR count). The number of nitrogens with one attached hydrogen (secondary N) is 2. The number of unbranched alkanes of at least 4 members (excludes halogenated alkanes) is 2. The lowest BCUT2D eigenvalue weighted by molar-refractivity contribution is -0.384. The number of carbonyl (C=O) groups is 2. The van der Waals surface area contributed by atoms with Gasteiger partial charge in [-0.05, 0) is 18.9 Å². The maximum Gasteiger partial charge on any atom is 0.270 e. The van der Waals surface area contributed by atoms with Crippen molar-refractivity contribution in [1.29, 1.82) is 0 Å². The molecule has 0 aromatic heterocycles. The third-order valence-corrected chi connectivity index (χ3v) is 2.85. The highest BCUT2D eigenvalue weighted by Gasteiger charge is 2.10. The average molecular weight is 294 g/mol. The summed E-state index contributed by atoms with van der Waals surface area (Å²) in [5.74, 6) is 4.38. The Bertz CT molecular complexity index is 519. The van der Waals surface area contributed by atoms with Gasteiger partial charge in [0.2, 0.25) is 5.91 Å². The number of hydrogen-bond donors (Lipinski definition) is 3. The van der Waals surface area contributed by atoms with Gasteiger partial charge in [0.05, 0.1) is 4.92 Å². The zero-order chi connectivity index (χ0) is 15.7. The Kier molecular flexibility index (Phi) is 6.82. The van der Waals surface area contributed by atoms with Crippen LogP contribution in [-0.4, -0.2) is 23.3 Å². The predicted octanol–water partition coefficient (Wildman–Crippen LogP) is 0.875. The molecule has 0 fully saturated rings. The number of amides is 2. The molecule has 0 radical (unpaired) electrons. The van der Waals surface area contributed by atoms with E-state index in [-0.39, 0.29) is 23.1 Å². The third-order valence-electron chi connectivity index (χ3n) is 2.85. The van der Waals surface area contributed by atoms with Gasteiger partial charge in [-0.3, -0.25) is 25.1 Å². The van der Waals surface area contributed by atoms with Crippen molar-refractivity contribution in [3.05, 3.63) is 39.9 Å². The van der Waals surface area contributed by atoms with E-state index < -0.39 is 4.92 Å². The van der Waals surface area contributed by atoms with Crippen molar-refractivity contribution >= 4 is 17.5 Å². The Morgan fingerprint density at radius 2 is 2.00 bits per heavy atom. The molecule has 0 spiro atoms. The van der Waals surface area contributed by atoms with Gasteiger partial charge in [-0.25, -0.2) is 5.84 Å². The van der Waals surface area contributed by atoms with Crippen LogP contribution in [0, 0.1) is 10.1 Å². The van der Waals surface area contributed by atoms with E-state index in [1.54, 1.807) is 0 Å². The molecule has 0 saturated heterocycles. The van der Waals surface area contributed by atoms with Crippen LogP contribution in [0.25, 0.3) is 0 Å². The van der Waals surface area contributed by atoms with Crippen molar-refractivity contribution in [2.75, 3.05) is 6.54 Å². The molecular weight excluding hydrogens is 276 g/mol. The topological polar surface area (TPSA) is 127 Å². The average Bonchev–Trinajstić information content (AvgIpc) is 2.50. The van der Waals surface area contributed by atoms with Crippen LogP contribution in [0.15, 0.2) is 24.3 Å². The van der Waals surface area contributed by atoms with Gasteiger partial charge in [-0.1, -0.05) is 12.5 Å². The minimum absolute atomic E-state index is 0.115. The normalized spacial score (nSPS) is 9.95. The number of hydrogen-bond acceptors (Lipinski definition) is 5. The Balaban J connectivity index is 2.29. The van der Waals surface area contributed by atoms with Crippen LogP contribution in [0.1, 0.15) is 36.0 Å². The van der Waals surface area contributed by atoms with Crippen LogP contribution in [0.5, 0.6) is 0 Å². The molecule has 0 atom stereocenters. The summed E-state index contributed by atoms with van der Waals surface area (Å²) in [6.45, 7) is 0.450. The summed E-state index contributed by atoms with van der Waals surface area (Å²) in [5.41, 5.74) is 2.19. The van der Waals surface area contributed by atoms with Gasteiger partial charge in [0.25, 0.3) is 11.6 Å². The Hall–Kier alpha value is -2.48. The molecule has 21 heavy (non-hydrogen) atoms. The second kappa shape index (κ2) is 8.64. The second-order valence-electron chi connectivity index (χ2n) is 4.44. The largest absolute Gasteiger partial charge is 0.352 e. The van der Waals surface area contributed by atoms with Crippen molar-refractivity contribution in [2.45, 2.75) is 25.7 Å². The van der Waals surface area contributed by atoms with Gasteiger partial charge in [0.1, 0.15) is 0 Å². The summed E-state index contributed by atoms with van der Waals surface area (Å²) in [5, 5.41) is 13.3. The molecule has 0 bridgehead atoms. The molecule has 0 aliphatic heterocycles. The summed E-state index contributed by atoms with van der Waals surface area (Å²) in [6, 6.07) is 5.56.